The Hall–Kier alpha value is -1.00. The molecule has 1 saturated carbocycles. The van der Waals surface area contributed by atoms with Crippen LogP contribution >= 0.6 is 11.8 Å². The van der Waals surface area contributed by atoms with Crippen molar-refractivity contribution < 1.29 is 9.53 Å². The van der Waals surface area contributed by atoms with E-state index in [1.807, 2.05) is 36.0 Å². The number of hydrogen-bond acceptors (Lipinski definition) is 4. The van der Waals surface area contributed by atoms with Crippen LogP contribution in [0.5, 0.6) is 5.75 Å². The molecule has 4 heteroatoms. The third kappa shape index (κ3) is 3.74. The Morgan fingerprint density at radius 2 is 2.11 bits per heavy atom. The molecule has 0 aromatic heterocycles. The highest BCUT2D eigenvalue weighted by Gasteiger charge is 2.23. The molecule has 2 aliphatic rings. The van der Waals surface area contributed by atoms with E-state index in [1.54, 1.807) is 0 Å². The number of carbonyl (C=O) groups is 1. The summed E-state index contributed by atoms with van der Waals surface area (Å²) in [7, 11) is 0. The molecule has 1 aromatic rings. The average Bonchev–Trinajstić information content (AvgIpc) is 3.25. The zero-order valence-corrected chi connectivity index (χ0v) is 11.7. The van der Waals surface area contributed by atoms with Crippen LogP contribution in [-0.4, -0.2) is 36.0 Å². The van der Waals surface area contributed by atoms with E-state index in [2.05, 4.69) is 5.32 Å². The average molecular weight is 277 g/mol. The largest absolute Gasteiger partial charge is 0.490 e. The van der Waals surface area contributed by atoms with Crippen molar-refractivity contribution in [2.75, 3.05) is 18.1 Å². The van der Waals surface area contributed by atoms with Gasteiger partial charge in [-0.25, -0.2) is 0 Å². The van der Waals surface area contributed by atoms with Crippen LogP contribution in [0.15, 0.2) is 24.3 Å². The predicted octanol–water partition coefficient (Wildman–Crippen LogP) is 2.51. The van der Waals surface area contributed by atoms with Crippen LogP contribution in [0.4, 0.5) is 0 Å². The van der Waals surface area contributed by atoms with Crippen LogP contribution in [0.3, 0.4) is 0 Å². The van der Waals surface area contributed by atoms with Crippen molar-refractivity contribution in [3.63, 3.8) is 0 Å². The summed E-state index contributed by atoms with van der Waals surface area (Å²) < 4.78 is 5.68. The highest BCUT2D eigenvalue weighted by Crippen LogP contribution is 2.27. The molecular formula is C15H19NO2S. The topological polar surface area (TPSA) is 38.3 Å². The molecule has 1 unspecified atom stereocenters. The van der Waals surface area contributed by atoms with Gasteiger partial charge >= 0.3 is 0 Å². The van der Waals surface area contributed by atoms with Crippen molar-refractivity contribution in [2.24, 2.45) is 0 Å². The fourth-order valence-electron chi connectivity index (χ4n) is 2.19. The Bertz CT molecular complexity index is 436. The molecule has 0 amide bonds. The van der Waals surface area contributed by atoms with Gasteiger partial charge in [-0.3, -0.25) is 4.79 Å². The monoisotopic (exact) mass is 277 g/mol. The highest BCUT2D eigenvalue weighted by atomic mass is 32.2. The lowest BCUT2D eigenvalue weighted by Crippen LogP contribution is -2.38. The van der Waals surface area contributed by atoms with Crippen molar-refractivity contribution in [1.29, 1.82) is 0 Å². The molecule has 1 saturated heterocycles. The summed E-state index contributed by atoms with van der Waals surface area (Å²) in [4.78, 5) is 12.2. The molecule has 1 atom stereocenters. The van der Waals surface area contributed by atoms with Crippen LogP contribution < -0.4 is 10.1 Å². The van der Waals surface area contributed by atoms with E-state index in [4.69, 9.17) is 4.74 Å². The molecule has 19 heavy (non-hydrogen) atoms. The summed E-state index contributed by atoms with van der Waals surface area (Å²) in [6.07, 6.45) is 3.32. The first-order valence-electron chi connectivity index (χ1n) is 6.92. The maximum Gasteiger partial charge on any atom is 0.164 e. The van der Waals surface area contributed by atoms with Gasteiger partial charge in [-0.2, -0.15) is 11.8 Å². The van der Waals surface area contributed by atoms with Gasteiger partial charge in [-0.1, -0.05) is 0 Å². The summed E-state index contributed by atoms with van der Waals surface area (Å²) in [5.41, 5.74) is 0.792. The number of ether oxygens (including phenoxy) is 1. The minimum atomic E-state index is 0.220. The molecule has 2 fully saturated rings. The first kappa shape index (κ1) is 13.0. The van der Waals surface area contributed by atoms with Crippen molar-refractivity contribution in [1.82, 2.24) is 5.32 Å². The van der Waals surface area contributed by atoms with Crippen molar-refractivity contribution >= 4 is 17.5 Å². The number of thioether (sulfide) groups is 1. The molecule has 0 bridgehead atoms. The second-order valence-corrected chi connectivity index (χ2v) is 6.34. The third-order valence-corrected chi connectivity index (χ3v) is 4.56. The summed E-state index contributed by atoms with van der Waals surface area (Å²) in [6, 6.07) is 7.92. The second kappa shape index (κ2) is 5.97. The fourth-order valence-corrected chi connectivity index (χ4v) is 3.14. The summed E-state index contributed by atoms with van der Waals surface area (Å²) in [6.45, 7) is 1.01. The molecule has 1 heterocycles. The Labute approximate surface area is 118 Å². The number of nitrogens with one attached hydrogen (secondary N) is 1. The highest BCUT2D eigenvalue weighted by molar-refractivity contribution is 7.99. The van der Waals surface area contributed by atoms with Crippen LogP contribution in [0, 0.1) is 0 Å². The van der Waals surface area contributed by atoms with Crippen LogP contribution in [-0.2, 0) is 0 Å². The molecule has 3 rings (SSSR count). The Morgan fingerprint density at radius 3 is 2.74 bits per heavy atom. The molecular weight excluding hydrogens is 258 g/mol. The number of hydrogen-bond donors (Lipinski definition) is 1. The van der Waals surface area contributed by atoms with Gasteiger partial charge in [0.25, 0.3) is 0 Å². The summed E-state index contributed by atoms with van der Waals surface area (Å²) in [5, 5.41) is 3.40. The number of carbonyl (C=O) groups excluding carboxylic acids is 1. The Balaban J connectivity index is 1.55. The lowest BCUT2D eigenvalue weighted by Gasteiger charge is -2.22. The standard InChI is InChI=1S/C15H19NO2S/c17-15(9-12-10-19-8-7-16-12)11-1-3-13(4-2-11)18-14-5-6-14/h1-4,12,14,16H,5-10H2. The molecule has 1 aromatic carbocycles. The maximum absolute atomic E-state index is 12.2. The zero-order valence-electron chi connectivity index (χ0n) is 10.9. The van der Waals surface area contributed by atoms with Crippen molar-refractivity contribution in [3.05, 3.63) is 29.8 Å². The van der Waals surface area contributed by atoms with Gasteiger partial charge in [0.2, 0.25) is 0 Å². The van der Waals surface area contributed by atoms with Gasteiger partial charge in [-0.05, 0) is 37.1 Å². The van der Waals surface area contributed by atoms with Crippen molar-refractivity contribution in [3.8, 4) is 5.75 Å². The SMILES string of the molecule is O=C(CC1CSCCN1)c1ccc(OC2CC2)cc1. The fraction of sp³-hybridized carbons (Fsp3) is 0.533. The summed E-state index contributed by atoms with van der Waals surface area (Å²) in [5.74, 6) is 3.29. The van der Waals surface area contributed by atoms with Crippen LogP contribution in [0.25, 0.3) is 0 Å². The van der Waals surface area contributed by atoms with Gasteiger partial charge in [-0.15, -0.1) is 0 Å². The molecule has 1 aliphatic carbocycles. The number of ketones is 1. The van der Waals surface area contributed by atoms with E-state index >= 15 is 0 Å². The zero-order chi connectivity index (χ0) is 13.1. The molecule has 102 valence electrons. The number of benzene rings is 1. The smallest absolute Gasteiger partial charge is 0.164 e. The molecule has 0 spiro atoms. The molecule has 1 aliphatic heterocycles. The quantitative estimate of drug-likeness (QED) is 0.839. The van der Waals surface area contributed by atoms with E-state index in [-0.39, 0.29) is 5.78 Å². The maximum atomic E-state index is 12.2. The van der Waals surface area contributed by atoms with E-state index in [1.165, 1.54) is 0 Å². The first-order valence-corrected chi connectivity index (χ1v) is 8.08. The van der Waals surface area contributed by atoms with E-state index in [0.717, 1.165) is 42.2 Å². The lowest BCUT2D eigenvalue weighted by molar-refractivity contribution is 0.0972. The first-order chi connectivity index (χ1) is 9.31. The van der Waals surface area contributed by atoms with Gasteiger partial charge in [0.05, 0.1) is 6.10 Å². The van der Waals surface area contributed by atoms with Crippen LogP contribution in [0.1, 0.15) is 29.6 Å². The minimum Gasteiger partial charge on any atom is -0.490 e. The lowest BCUT2D eigenvalue weighted by atomic mass is 10.0. The molecule has 1 N–H and O–H groups in total. The van der Waals surface area contributed by atoms with Gasteiger partial charge < -0.3 is 10.1 Å². The Morgan fingerprint density at radius 1 is 1.32 bits per heavy atom. The van der Waals surface area contributed by atoms with E-state index in [9.17, 15) is 4.79 Å². The normalized spacial score (nSPS) is 23.1. The van der Waals surface area contributed by atoms with Crippen molar-refractivity contribution in [2.45, 2.75) is 31.4 Å². The third-order valence-electron chi connectivity index (χ3n) is 3.43. The van der Waals surface area contributed by atoms with Gasteiger partial charge in [0.1, 0.15) is 5.75 Å². The van der Waals surface area contributed by atoms with Gasteiger partial charge in [0.15, 0.2) is 5.78 Å². The number of Topliss-reactive ketones (excluding diaryl/α,β-unsaturated/α-hetero) is 1. The minimum absolute atomic E-state index is 0.220. The summed E-state index contributed by atoms with van der Waals surface area (Å²) >= 11 is 1.92. The van der Waals surface area contributed by atoms with Gasteiger partial charge in [0, 0.05) is 36.1 Å². The molecule has 3 nitrogen and oxygen atoms in total. The Kier molecular flexibility index (Phi) is 4.09. The van der Waals surface area contributed by atoms with E-state index < -0.39 is 0 Å². The van der Waals surface area contributed by atoms with Crippen LogP contribution in [0.2, 0.25) is 0 Å². The molecule has 0 radical (unpaired) electrons. The predicted molar refractivity (Wildman–Crippen MR) is 78.2 cm³/mol. The second-order valence-electron chi connectivity index (χ2n) is 5.19. The van der Waals surface area contributed by atoms with E-state index in [0.29, 0.717) is 18.6 Å². The number of rotatable bonds is 5.